The van der Waals surface area contributed by atoms with Gasteiger partial charge in [-0.1, -0.05) is 30.3 Å². The van der Waals surface area contributed by atoms with Crippen LogP contribution < -0.4 is 5.32 Å². The Bertz CT molecular complexity index is 839. The molecule has 1 aliphatic carbocycles. The van der Waals surface area contributed by atoms with E-state index in [4.69, 9.17) is 0 Å². The molecule has 0 fully saturated rings. The molecule has 0 saturated carbocycles. The first-order valence-corrected chi connectivity index (χ1v) is 8.06. The van der Waals surface area contributed by atoms with E-state index >= 15 is 0 Å². The number of benzene rings is 1. The van der Waals surface area contributed by atoms with Crippen molar-refractivity contribution in [2.75, 3.05) is 5.32 Å². The third-order valence-corrected chi connectivity index (χ3v) is 5.07. The number of aromatic nitrogens is 1. The van der Waals surface area contributed by atoms with E-state index in [1.807, 2.05) is 18.2 Å². The molecule has 0 unspecified atom stereocenters. The first-order valence-electron chi connectivity index (χ1n) is 7.24. The Morgan fingerprint density at radius 3 is 2.73 bits per heavy atom. The highest BCUT2D eigenvalue weighted by molar-refractivity contribution is 7.17. The quantitative estimate of drug-likeness (QED) is 0.772. The van der Waals surface area contributed by atoms with Gasteiger partial charge in [-0.25, -0.2) is 4.98 Å². The van der Waals surface area contributed by atoms with E-state index in [1.165, 1.54) is 21.6 Å². The predicted molar refractivity (Wildman–Crippen MR) is 89.4 cm³/mol. The molecule has 0 saturated heterocycles. The van der Waals surface area contributed by atoms with Crippen molar-refractivity contribution >= 4 is 23.1 Å². The van der Waals surface area contributed by atoms with Gasteiger partial charge in [0.2, 0.25) is 0 Å². The number of anilines is 1. The van der Waals surface area contributed by atoms with Crippen LogP contribution in [0.1, 0.15) is 20.8 Å². The monoisotopic (exact) mass is 306 g/mol. The van der Waals surface area contributed by atoms with Gasteiger partial charge in [-0.15, -0.1) is 11.3 Å². The van der Waals surface area contributed by atoms with E-state index in [-0.39, 0.29) is 5.91 Å². The van der Waals surface area contributed by atoms with Crippen LogP contribution in [0.4, 0.5) is 5.82 Å². The number of hydrogen-bond acceptors (Lipinski definition) is 3. The Labute approximate surface area is 132 Å². The Morgan fingerprint density at radius 2 is 1.86 bits per heavy atom. The fraction of sp³-hybridized carbons (Fsp3) is 0.111. The first kappa shape index (κ1) is 13.2. The minimum Gasteiger partial charge on any atom is -0.306 e. The normalized spacial score (nSPS) is 12.4. The molecule has 4 rings (SSSR count). The lowest BCUT2D eigenvalue weighted by molar-refractivity contribution is 0.103. The van der Waals surface area contributed by atoms with Gasteiger partial charge in [0, 0.05) is 11.1 Å². The van der Waals surface area contributed by atoms with Gasteiger partial charge in [-0.3, -0.25) is 4.79 Å². The van der Waals surface area contributed by atoms with Gasteiger partial charge in [0.05, 0.1) is 4.88 Å². The van der Waals surface area contributed by atoms with Crippen LogP contribution in [0, 0.1) is 0 Å². The van der Waals surface area contributed by atoms with Crippen molar-refractivity contribution in [3.8, 4) is 10.4 Å². The maximum atomic E-state index is 12.4. The van der Waals surface area contributed by atoms with Crippen LogP contribution in [0.2, 0.25) is 0 Å². The standard InChI is InChI=1S/C18H14N2OS/c21-18(20-16-7-3-4-10-19-16)15-11-13-9-8-12-5-1-2-6-14(12)17(13)22-15/h1-7,10-11H,8-9H2,(H,19,20,21). The molecule has 0 bridgehead atoms. The van der Waals surface area contributed by atoms with E-state index in [0.717, 1.165) is 17.7 Å². The molecule has 1 aliphatic rings. The summed E-state index contributed by atoms with van der Waals surface area (Å²) in [5, 5.41) is 2.85. The third-order valence-electron chi connectivity index (χ3n) is 3.86. The molecule has 108 valence electrons. The van der Waals surface area contributed by atoms with Crippen LogP contribution in [0.25, 0.3) is 10.4 Å². The lowest BCUT2D eigenvalue weighted by Crippen LogP contribution is -2.11. The van der Waals surface area contributed by atoms with E-state index in [0.29, 0.717) is 5.82 Å². The lowest BCUT2D eigenvalue weighted by Gasteiger charge is -2.15. The number of fused-ring (bicyclic) bond motifs is 3. The second-order valence-electron chi connectivity index (χ2n) is 5.29. The fourth-order valence-electron chi connectivity index (χ4n) is 2.80. The van der Waals surface area contributed by atoms with Crippen LogP contribution in [0.3, 0.4) is 0 Å². The molecule has 1 N–H and O–H groups in total. The van der Waals surface area contributed by atoms with Gasteiger partial charge in [-0.05, 0) is 47.7 Å². The largest absolute Gasteiger partial charge is 0.306 e. The Morgan fingerprint density at radius 1 is 1.05 bits per heavy atom. The summed E-state index contributed by atoms with van der Waals surface area (Å²) in [4.78, 5) is 18.5. The Hall–Kier alpha value is -2.46. The number of rotatable bonds is 2. The zero-order valence-electron chi connectivity index (χ0n) is 11.9. The van der Waals surface area contributed by atoms with Gasteiger partial charge in [0.15, 0.2) is 0 Å². The molecule has 1 aromatic carbocycles. The average molecular weight is 306 g/mol. The number of amides is 1. The van der Waals surface area contributed by atoms with Crippen LogP contribution >= 0.6 is 11.3 Å². The molecular formula is C18H14N2OS. The molecule has 1 amide bonds. The molecule has 3 nitrogen and oxygen atoms in total. The summed E-state index contributed by atoms with van der Waals surface area (Å²) in [6, 6.07) is 16.0. The minimum atomic E-state index is -0.0874. The number of thiophene rings is 1. The van der Waals surface area contributed by atoms with Crippen molar-refractivity contribution in [3.05, 3.63) is 70.7 Å². The molecule has 4 heteroatoms. The molecular weight excluding hydrogens is 292 g/mol. The lowest BCUT2D eigenvalue weighted by atomic mass is 9.91. The minimum absolute atomic E-state index is 0.0874. The summed E-state index contributed by atoms with van der Waals surface area (Å²) in [5.74, 6) is 0.495. The van der Waals surface area contributed by atoms with Crippen molar-refractivity contribution < 1.29 is 4.79 Å². The van der Waals surface area contributed by atoms with Crippen LogP contribution in [-0.4, -0.2) is 10.9 Å². The number of pyridine rings is 1. The molecule has 2 aromatic heterocycles. The van der Waals surface area contributed by atoms with Gasteiger partial charge in [0.25, 0.3) is 5.91 Å². The van der Waals surface area contributed by atoms with Crippen LogP contribution in [-0.2, 0) is 12.8 Å². The van der Waals surface area contributed by atoms with Crippen molar-refractivity contribution in [1.29, 1.82) is 0 Å². The summed E-state index contributed by atoms with van der Waals surface area (Å²) in [7, 11) is 0. The second-order valence-corrected chi connectivity index (χ2v) is 6.34. The third kappa shape index (κ3) is 2.31. The molecule has 0 aliphatic heterocycles. The number of carbonyl (C=O) groups excluding carboxylic acids is 1. The Kier molecular flexibility index (Phi) is 3.24. The molecule has 0 spiro atoms. The highest BCUT2D eigenvalue weighted by atomic mass is 32.1. The van der Waals surface area contributed by atoms with Gasteiger partial charge >= 0.3 is 0 Å². The molecule has 2 heterocycles. The maximum absolute atomic E-state index is 12.4. The van der Waals surface area contributed by atoms with E-state index in [2.05, 4.69) is 34.6 Å². The molecule has 0 radical (unpaired) electrons. The number of aryl methyl sites for hydroxylation is 2. The van der Waals surface area contributed by atoms with Crippen molar-refractivity contribution in [3.63, 3.8) is 0 Å². The molecule has 3 aromatic rings. The average Bonchev–Trinajstić information content (AvgIpc) is 3.00. The fourth-order valence-corrected chi connectivity index (χ4v) is 3.96. The predicted octanol–water partition coefficient (Wildman–Crippen LogP) is 4.16. The van der Waals surface area contributed by atoms with Crippen molar-refractivity contribution in [2.24, 2.45) is 0 Å². The zero-order chi connectivity index (χ0) is 14.9. The Balaban J connectivity index is 1.66. The number of nitrogens with zero attached hydrogens (tertiary/aromatic N) is 1. The summed E-state index contributed by atoms with van der Waals surface area (Å²) >= 11 is 1.57. The number of carbonyl (C=O) groups is 1. The van der Waals surface area contributed by atoms with Crippen LogP contribution in [0.5, 0.6) is 0 Å². The van der Waals surface area contributed by atoms with Crippen LogP contribution in [0.15, 0.2) is 54.7 Å². The highest BCUT2D eigenvalue weighted by Gasteiger charge is 2.21. The van der Waals surface area contributed by atoms with E-state index < -0.39 is 0 Å². The SMILES string of the molecule is O=C(Nc1ccccn1)c1cc2c(s1)-c1ccccc1CC2. The van der Waals surface area contributed by atoms with Crippen molar-refractivity contribution in [1.82, 2.24) is 4.98 Å². The number of hydrogen-bond donors (Lipinski definition) is 1. The summed E-state index contributed by atoms with van der Waals surface area (Å²) < 4.78 is 0. The topological polar surface area (TPSA) is 42.0 Å². The molecule has 22 heavy (non-hydrogen) atoms. The smallest absolute Gasteiger partial charge is 0.266 e. The van der Waals surface area contributed by atoms with E-state index in [9.17, 15) is 4.79 Å². The van der Waals surface area contributed by atoms with E-state index in [1.54, 1.807) is 23.6 Å². The first-order chi connectivity index (χ1) is 10.8. The highest BCUT2D eigenvalue weighted by Crippen LogP contribution is 2.39. The second kappa shape index (κ2) is 5.39. The summed E-state index contributed by atoms with van der Waals surface area (Å²) in [6.07, 6.45) is 3.71. The zero-order valence-corrected chi connectivity index (χ0v) is 12.7. The van der Waals surface area contributed by atoms with Gasteiger partial charge < -0.3 is 5.32 Å². The summed E-state index contributed by atoms with van der Waals surface area (Å²) in [6.45, 7) is 0. The summed E-state index contributed by atoms with van der Waals surface area (Å²) in [5.41, 5.74) is 3.91. The van der Waals surface area contributed by atoms with Gasteiger partial charge in [0.1, 0.15) is 5.82 Å². The molecule has 0 atom stereocenters. The maximum Gasteiger partial charge on any atom is 0.266 e. The number of nitrogens with one attached hydrogen (secondary N) is 1. The van der Waals surface area contributed by atoms with Gasteiger partial charge in [-0.2, -0.15) is 0 Å². The van der Waals surface area contributed by atoms with Crippen molar-refractivity contribution in [2.45, 2.75) is 12.8 Å².